The van der Waals surface area contributed by atoms with Gasteiger partial charge in [-0.25, -0.2) is 4.79 Å². The van der Waals surface area contributed by atoms with Crippen molar-refractivity contribution in [3.63, 3.8) is 0 Å². The van der Waals surface area contributed by atoms with Crippen LogP contribution in [-0.4, -0.2) is 47.7 Å². The van der Waals surface area contributed by atoms with Crippen molar-refractivity contribution in [2.75, 3.05) is 13.7 Å². The number of carboxylic acid groups (broad SMARTS) is 1. The maximum absolute atomic E-state index is 13.0. The van der Waals surface area contributed by atoms with Gasteiger partial charge < -0.3 is 24.5 Å². The molecule has 0 saturated carbocycles. The summed E-state index contributed by atoms with van der Waals surface area (Å²) in [7, 11) is 1.60. The van der Waals surface area contributed by atoms with Crippen LogP contribution in [0.5, 0.6) is 0 Å². The van der Waals surface area contributed by atoms with Crippen molar-refractivity contribution in [2.24, 2.45) is 0 Å². The molecule has 2 N–H and O–H groups in total. The quantitative estimate of drug-likeness (QED) is 0.476. The third kappa shape index (κ3) is 5.37. The van der Waals surface area contributed by atoms with E-state index in [4.69, 9.17) is 14.3 Å². The smallest absolute Gasteiger partial charge is 0.407 e. The SMILES string of the molecule is Cc1occc1CN(C)C(=O)C(CCC(=O)O)NC(=O)OCC1c2ccccc2-c2ccccc21. The number of nitrogens with zero attached hydrogens (tertiary/aromatic N) is 1. The van der Waals surface area contributed by atoms with Crippen molar-refractivity contribution in [3.05, 3.63) is 83.3 Å². The Labute approximate surface area is 203 Å². The summed E-state index contributed by atoms with van der Waals surface area (Å²) in [4.78, 5) is 38.3. The Bertz CT molecular complexity index is 1190. The number of alkyl carbamates (subject to hydrolysis) is 1. The predicted molar refractivity (Wildman–Crippen MR) is 129 cm³/mol. The normalized spacial score (nSPS) is 13.0. The first kappa shape index (κ1) is 24.1. The van der Waals surface area contributed by atoms with Crippen LogP contribution in [0.25, 0.3) is 11.1 Å². The Kier molecular flexibility index (Phi) is 7.19. The summed E-state index contributed by atoms with van der Waals surface area (Å²) in [6.45, 7) is 2.17. The molecule has 0 spiro atoms. The van der Waals surface area contributed by atoms with Gasteiger partial charge in [-0.05, 0) is 41.7 Å². The van der Waals surface area contributed by atoms with Gasteiger partial charge >= 0.3 is 12.1 Å². The number of likely N-dealkylation sites (N-methyl/N-ethyl adjacent to an activating group) is 1. The fourth-order valence-corrected chi connectivity index (χ4v) is 4.48. The number of carboxylic acids is 1. The van der Waals surface area contributed by atoms with Crippen molar-refractivity contribution >= 4 is 18.0 Å². The summed E-state index contributed by atoms with van der Waals surface area (Å²) < 4.78 is 10.8. The first-order valence-corrected chi connectivity index (χ1v) is 11.5. The fraction of sp³-hybridized carbons (Fsp3) is 0.296. The molecule has 35 heavy (non-hydrogen) atoms. The summed E-state index contributed by atoms with van der Waals surface area (Å²) in [6, 6.07) is 16.7. The van der Waals surface area contributed by atoms with Gasteiger partial charge in [0.25, 0.3) is 0 Å². The maximum atomic E-state index is 13.0. The molecule has 1 aromatic heterocycles. The highest BCUT2D eigenvalue weighted by Gasteiger charge is 2.30. The monoisotopic (exact) mass is 476 g/mol. The molecule has 3 aromatic rings. The van der Waals surface area contributed by atoms with E-state index in [1.807, 2.05) is 48.5 Å². The number of aryl methyl sites for hydroxylation is 1. The highest BCUT2D eigenvalue weighted by atomic mass is 16.5. The third-order valence-corrected chi connectivity index (χ3v) is 6.33. The maximum Gasteiger partial charge on any atom is 0.407 e. The van der Waals surface area contributed by atoms with Gasteiger partial charge in [0.15, 0.2) is 0 Å². The number of furan rings is 1. The number of benzene rings is 2. The number of carbonyl (C=O) groups excluding carboxylic acids is 2. The molecule has 1 heterocycles. The van der Waals surface area contributed by atoms with Crippen LogP contribution in [-0.2, 0) is 20.9 Å². The van der Waals surface area contributed by atoms with E-state index >= 15 is 0 Å². The number of fused-ring (bicyclic) bond motifs is 3. The summed E-state index contributed by atoms with van der Waals surface area (Å²) in [5.41, 5.74) is 5.22. The van der Waals surface area contributed by atoms with E-state index in [9.17, 15) is 14.4 Å². The van der Waals surface area contributed by atoms with Crippen LogP contribution in [0.2, 0.25) is 0 Å². The zero-order valence-corrected chi connectivity index (χ0v) is 19.7. The number of rotatable bonds is 9. The predicted octanol–water partition coefficient (Wildman–Crippen LogP) is 4.32. The van der Waals surface area contributed by atoms with Crippen LogP contribution in [0, 0.1) is 6.92 Å². The number of aliphatic carboxylic acids is 1. The van der Waals surface area contributed by atoms with Gasteiger partial charge in [0.05, 0.1) is 6.26 Å². The molecule has 2 amide bonds. The second-order valence-corrected chi connectivity index (χ2v) is 8.65. The van der Waals surface area contributed by atoms with E-state index in [0.29, 0.717) is 5.76 Å². The minimum absolute atomic E-state index is 0.0485. The number of carbonyl (C=O) groups is 3. The number of hydrogen-bond donors (Lipinski definition) is 2. The van der Waals surface area contributed by atoms with Crippen LogP contribution in [0.1, 0.15) is 41.2 Å². The van der Waals surface area contributed by atoms with Crippen molar-refractivity contribution in [1.82, 2.24) is 10.2 Å². The summed E-state index contributed by atoms with van der Waals surface area (Å²) >= 11 is 0. The Morgan fingerprint density at radius 1 is 1.06 bits per heavy atom. The molecule has 0 saturated heterocycles. The molecule has 1 unspecified atom stereocenters. The first-order chi connectivity index (χ1) is 16.8. The molecule has 0 fully saturated rings. The number of nitrogens with one attached hydrogen (secondary N) is 1. The van der Waals surface area contributed by atoms with E-state index in [1.54, 1.807) is 26.3 Å². The zero-order valence-electron chi connectivity index (χ0n) is 19.7. The molecule has 4 rings (SSSR count). The molecule has 1 aliphatic rings. The highest BCUT2D eigenvalue weighted by molar-refractivity contribution is 5.86. The van der Waals surface area contributed by atoms with Crippen molar-refractivity contribution in [1.29, 1.82) is 0 Å². The van der Waals surface area contributed by atoms with E-state index in [-0.39, 0.29) is 31.9 Å². The second-order valence-electron chi connectivity index (χ2n) is 8.65. The standard InChI is InChI=1S/C27H28N2O6/c1-17-18(13-14-34-17)15-29(2)26(32)24(11-12-25(30)31)28-27(33)35-16-23-21-9-5-3-7-19(21)20-8-4-6-10-22(20)23/h3-10,13-14,23-24H,11-12,15-16H2,1-2H3,(H,28,33)(H,30,31). The van der Waals surface area contributed by atoms with Crippen molar-refractivity contribution in [3.8, 4) is 11.1 Å². The Hall–Kier alpha value is -4.07. The largest absolute Gasteiger partial charge is 0.481 e. The molecule has 0 radical (unpaired) electrons. The summed E-state index contributed by atoms with van der Waals surface area (Å²) in [5.74, 6) is -0.880. The number of ether oxygens (including phenoxy) is 1. The summed E-state index contributed by atoms with van der Waals surface area (Å²) in [5, 5.41) is 11.7. The van der Waals surface area contributed by atoms with Gasteiger partial charge in [-0.15, -0.1) is 0 Å². The lowest BCUT2D eigenvalue weighted by molar-refractivity contribution is -0.138. The minimum Gasteiger partial charge on any atom is -0.481 e. The molecule has 8 heteroatoms. The molecule has 2 aromatic carbocycles. The lowest BCUT2D eigenvalue weighted by atomic mass is 9.98. The van der Waals surface area contributed by atoms with Crippen LogP contribution in [0.15, 0.2) is 65.3 Å². The van der Waals surface area contributed by atoms with Crippen molar-refractivity contribution < 1.29 is 28.6 Å². The fourth-order valence-electron chi connectivity index (χ4n) is 4.48. The number of hydrogen-bond acceptors (Lipinski definition) is 5. The molecule has 1 atom stereocenters. The van der Waals surface area contributed by atoms with Crippen LogP contribution < -0.4 is 5.32 Å². The number of amides is 2. The van der Waals surface area contributed by atoms with E-state index in [1.165, 1.54) is 4.90 Å². The van der Waals surface area contributed by atoms with Gasteiger partial charge in [-0.2, -0.15) is 0 Å². The average molecular weight is 477 g/mol. The van der Waals surface area contributed by atoms with Gasteiger partial charge in [-0.1, -0.05) is 48.5 Å². The first-order valence-electron chi connectivity index (χ1n) is 11.5. The van der Waals surface area contributed by atoms with Crippen LogP contribution >= 0.6 is 0 Å². The Balaban J connectivity index is 1.42. The third-order valence-electron chi connectivity index (χ3n) is 6.33. The molecule has 0 aliphatic heterocycles. The topological polar surface area (TPSA) is 109 Å². The Morgan fingerprint density at radius 3 is 2.26 bits per heavy atom. The Morgan fingerprint density at radius 2 is 1.69 bits per heavy atom. The van der Waals surface area contributed by atoms with Crippen LogP contribution in [0.4, 0.5) is 4.79 Å². The zero-order chi connectivity index (χ0) is 24.9. The average Bonchev–Trinajstić information content (AvgIpc) is 3.40. The van der Waals surface area contributed by atoms with Gasteiger partial charge in [0.1, 0.15) is 18.4 Å². The van der Waals surface area contributed by atoms with E-state index < -0.39 is 24.0 Å². The molecule has 1 aliphatic carbocycles. The molecular weight excluding hydrogens is 448 g/mol. The molecule has 182 valence electrons. The lowest BCUT2D eigenvalue weighted by Crippen LogP contribution is -2.47. The van der Waals surface area contributed by atoms with Crippen LogP contribution in [0.3, 0.4) is 0 Å². The second kappa shape index (κ2) is 10.5. The lowest BCUT2D eigenvalue weighted by Gasteiger charge is -2.24. The van der Waals surface area contributed by atoms with Gasteiger partial charge in [0, 0.05) is 31.5 Å². The minimum atomic E-state index is -1.05. The van der Waals surface area contributed by atoms with Gasteiger partial charge in [-0.3, -0.25) is 9.59 Å². The molecular formula is C27H28N2O6. The highest BCUT2D eigenvalue weighted by Crippen LogP contribution is 2.44. The van der Waals surface area contributed by atoms with Gasteiger partial charge in [0.2, 0.25) is 5.91 Å². The van der Waals surface area contributed by atoms with E-state index in [0.717, 1.165) is 27.8 Å². The molecule has 0 bridgehead atoms. The van der Waals surface area contributed by atoms with Crippen molar-refractivity contribution in [2.45, 2.75) is 38.3 Å². The molecule has 8 nitrogen and oxygen atoms in total. The van der Waals surface area contributed by atoms with E-state index in [2.05, 4.69) is 5.32 Å². The summed E-state index contributed by atoms with van der Waals surface area (Å²) in [6.07, 6.45) is 0.467.